The van der Waals surface area contributed by atoms with Crippen LogP contribution in [0.4, 0.5) is 5.69 Å². The maximum atomic E-state index is 12.5. The molecule has 1 aliphatic carbocycles. The van der Waals surface area contributed by atoms with Crippen molar-refractivity contribution in [1.82, 2.24) is 9.80 Å². The second-order valence-corrected chi connectivity index (χ2v) is 8.00. The summed E-state index contributed by atoms with van der Waals surface area (Å²) in [7, 11) is 0. The number of nitrogens with zero attached hydrogens (tertiary/aromatic N) is 3. The monoisotopic (exact) mass is 367 g/mol. The van der Waals surface area contributed by atoms with Crippen LogP contribution >= 0.6 is 0 Å². The molecule has 2 fully saturated rings. The van der Waals surface area contributed by atoms with Crippen LogP contribution in [-0.2, 0) is 9.59 Å². The van der Waals surface area contributed by atoms with Gasteiger partial charge in [0.15, 0.2) is 0 Å². The summed E-state index contributed by atoms with van der Waals surface area (Å²) in [6, 6.07) is 8.73. The first-order valence-corrected chi connectivity index (χ1v) is 10.2. The predicted molar refractivity (Wildman–Crippen MR) is 107 cm³/mol. The molecule has 1 aromatic carbocycles. The Morgan fingerprint density at radius 2 is 1.44 bits per heavy atom. The number of carbonyl (C=O) groups excluding carboxylic acids is 2. The molecule has 144 valence electrons. The third-order valence-electron chi connectivity index (χ3n) is 6.23. The molecule has 5 nitrogen and oxygen atoms in total. The second-order valence-electron chi connectivity index (χ2n) is 8.00. The van der Waals surface area contributed by atoms with Gasteiger partial charge in [-0.15, -0.1) is 0 Å². The normalized spacial score (nSPS) is 26.0. The van der Waals surface area contributed by atoms with Gasteiger partial charge in [-0.3, -0.25) is 19.4 Å². The Kier molecular flexibility index (Phi) is 5.30. The zero-order valence-electron chi connectivity index (χ0n) is 16.1. The van der Waals surface area contributed by atoms with Crippen molar-refractivity contribution in [3.63, 3.8) is 0 Å². The van der Waals surface area contributed by atoms with Crippen molar-refractivity contribution in [2.75, 3.05) is 44.2 Å². The van der Waals surface area contributed by atoms with Gasteiger partial charge in [0.1, 0.15) is 0 Å². The van der Waals surface area contributed by atoms with E-state index in [0.29, 0.717) is 6.54 Å². The number of allylic oxidation sites excluding steroid dienone is 2. The molecule has 2 aliphatic heterocycles. The van der Waals surface area contributed by atoms with Gasteiger partial charge in [0.05, 0.1) is 11.8 Å². The molecule has 1 aromatic rings. The molecule has 0 aromatic heterocycles. The van der Waals surface area contributed by atoms with Gasteiger partial charge in [0.2, 0.25) is 11.8 Å². The number of carbonyl (C=O) groups is 2. The Labute approximate surface area is 161 Å². The van der Waals surface area contributed by atoms with E-state index in [-0.39, 0.29) is 23.7 Å². The molecule has 0 N–H and O–H groups in total. The van der Waals surface area contributed by atoms with E-state index in [0.717, 1.165) is 52.0 Å². The molecule has 27 heavy (non-hydrogen) atoms. The first-order chi connectivity index (χ1) is 13.1. The lowest BCUT2D eigenvalue weighted by atomic mass is 9.85. The van der Waals surface area contributed by atoms with Crippen molar-refractivity contribution in [2.45, 2.75) is 26.2 Å². The molecular formula is C22H29N3O2. The highest BCUT2D eigenvalue weighted by Gasteiger charge is 2.46. The number of hydrogen-bond donors (Lipinski definition) is 0. The summed E-state index contributed by atoms with van der Waals surface area (Å²) in [6.07, 6.45) is 6.42. The summed E-state index contributed by atoms with van der Waals surface area (Å²) in [6.45, 7) is 7.76. The number of likely N-dealkylation sites (tertiary alicyclic amines) is 1. The van der Waals surface area contributed by atoms with Crippen LogP contribution < -0.4 is 4.90 Å². The molecule has 0 saturated carbocycles. The molecule has 0 radical (unpaired) electrons. The largest absolute Gasteiger partial charge is 0.369 e. The van der Waals surface area contributed by atoms with Gasteiger partial charge in [-0.1, -0.05) is 29.8 Å². The standard InChI is InChI=1S/C22H29N3O2/c1-17-7-9-18(10-8-17)24-15-13-23(14-16-24)11-4-12-25-21(26)19-5-2-3-6-20(19)22(25)27/h2-3,7-10,19-20H,4-6,11-16H2,1H3. The summed E-state index contributed by atoms with van der Waals surface area (Å²) in [5.41, 5.74) is 2.59. The van der Waals surface area contributed by atoms with E-state index in [1.165, 1.54) is 16.2 Å². The van der Waals surface area contributed by atoms with Crippen LogP contribution in [0.5, 0.6) is 0 Å². The van der Waals surface area contributed by atoms with Gasteiger partial charge in [-0.05, 0) is 44.9 Å². The Morgan fingerprint density at radius 3 is 2.04 bits per heavy atom. The molecule has 2 atom stereocenters. The van der Waals surface area contributed by atoms with E-state index in [4.69, 9.17) is 0 Å². The predicted octanol–water partition coefficient (Wildman–Crippen LogP) is 2.46. The number of aryl methyl sites for hydroxylation is 1. The number of hydrogen-bond acceptors (Lipinski definition) is 4. The molecule has 0 bridgehead atoms. The summed E-state index contributed by atoms with van der Waals surface area (Å²) < 4.78 is 0. The summed E-state index contributed by atoms with van der Waals surface area (Å²) >= 11 is 0. The molecule has 3 aliphatic rings. The third-order valence-corrected chi connectivity index (χ3v) is 6.23. The lowest BCUT2D eigenvalue weighted by Crippen LogP contribution is -2.47. The van der Waals surface area contributed by atoms with Gasteiger partial charge in [-0.25, -0.2) is 0 Å². The van der Waals surface area contributed by atoms with E-state index in [1.807, 2.05) is 12.2 Å². The highest BCUT2D eigenvalue weighted by Crippen LogP contribution is 2.35. The average Bonchev–Trinajstić information content (AvgIpc) is 2.94. The summed E-state index contributed by atoms with van der Waals surface area (Å²) in [5.74, 6) is -0.0850. The van der Waals surface area contributed by atoms with Crippen molar-refractivity contribution >= 4 is 17.5 Å². The highest BCUT2D eigenvalue weighted by molar-refractivity contribution is 6.05. The van der Waals surface area contributed by atoms with Crippen molar-refractivity contribution in [3.05, 3.63) is 42.0 Å². The number of fused-ring (bicyclic) bond motifs is 1. The van der Waals surface area contributed by atoms with Crippen molar-refractivity contribution in [3.8, 4) is 0 Å². The van der Waals surface area contributed by atoms with E-state index >= 15 is 0 Å². The number of piperazine rings is 1. The Bertz CT molecular complexity index is 694. The zero-order valence-corrected chi connectivity index (χ0v) is 16.1. The molecule has 4 rings (SSSR count). The highest BCUT2D eigenvalue weighted by atomic mass is 16.2. The first-order valence-electron chi connectivity index (χ1n) is 10.2. The van der Waals surface area contributed by atoms with Gasteiger partial charge < -0.3 is 4.90 Å². The van der Waals surface area contributed by atoms with Crippen LogP contribution in [0.3, 0.4) is 0 Å². The maximum Gasteiger partial charge on any atom is 0.233 e. The van der Waals surface area contributed by atoms with E-state index in [9.17, 15) is 9.59 Å². The SMILES string of the molecule is Cc1ccc(N2CCN(CCCN3C(=O)C4CC=CCC4C3=O)CC2)cc1. The van der Waals surface area contributed by atoms with Crippen LogP contribution in [0.1, 0.15) is 24.8 Å². The topological polar surface area (TPSA) is 43.9 Å². The molecule has 2 unspecified atom stereocenters. The smallest absolute Gasteiger partial charge is 0.233 e. The van der Waals surface area contributed by atoms with Gasteiger partial charge in [0, 0.05) is 38.4 Å². The zero-order chi connectivity index (χ0) is 18.8. The van der Waals surface area contributed by atoms with Crippen molar-refractivity contribution < 1.29 is 9.59 Å². The fraction of sp³-hybridized carbons (Fsp3) is 0.545. The van der Waals surface area contributed by atoms with Crippen LogP contribution in [0.25, 0.3) is 0 Å². The van der Waals surface area contributed by atoms with Crippen LogP contribution in [0.2, 0.25) is 0 Å². The third kappa shape index (κ3) is 3.79. The summed E-state index contributed by atoms with van der Waals surface area (Å²) in [4.78, 5) is 31.4. The maximum absolute atomic E-state index is 12.5. The van der Waals surface area contributed by atoms with Crippen LogP contribution in [0, 0.1) is 18.8 Å². The fourth-order valence-corrected chi connectivity index (χ4v) is 4.53. The number of amides is 2. The van der Waals surface area contributed by atoms with E-state index < -0.39 is 0 Å². The minimum absolute atomic E-state index is 0.0542. The molecule has 2 amide bonds. The second kappa shape index (κ2) is 7.85. The quantitative estimate of drug-likeness (QED) is 0.592. The van der Waals surface area contributed by atoms with Crippen molar-refractivity contribution in [1.29, 1.82) is 0 Å². The summed E-state index contributed by atoms with van der Waals surface area (Å²) in [5, 5.41) is 0. The molecular weight excluding hydrogens is 338 g/mol. The molecule has 2 saturated heterocycles. The average molecular weight is 367 g/mol. The first kappa shape index (κ1) is 18.2. The Balaban J connectivity index is 1.22. The number of imide groups is 1. The van der Waals surface area contributed by atoms with Crippen molar-refractivity contribution in [2.24, 2.45) is 11.8 Å². The Hall–Kier alpha value is -2.14. The van der Waals surface area contributed by atoms with Gasteiger partial charge in [-0.2, -0.15) is 0 Å². The van der Waals surface area contributed by atoms with Crippen LogP contribution in [0.15, 0.2) is 36.4 Å². The molecule has 5 heteroatoms. The lowest BCUT2D eigenvalue weighted by Gasteiger charge is -2.36. The number of rotatable bonds is 5. The molecule has 0 spiro atoms. The van der Waals surface area contributed by atoms with Gasteiger partial charge in [0.25, 0.3) is 0 Å². The minimum Gasteiger partial charge on any atom is -0.369 e. The molecule has 2 heterocycles. The number of anilines is 1. The Morgan fingerprint density at radius 1 is 0.852 bits per heavy atom. The number of benzene rings is 1. The van der Waals surface area contributed by atoms with E-state index in [2.05, 4.69) is 41.0 Å². The van der Waals surface area contributed by atoms with Crippen LogP contribution in [-0.4, -0.2) is 60.9 Å². The minimum atomic E-state index is -0.0967. The van der Waals surface area contributed by atoms with Gasteiger partial charge >= 0.3 is 0 Å². The fourth-order valence-electron chi connectivity index (χ4n) is 4.53. The lowest BCUT2D eigenvalue weighted by molar-refractivity contribution is -0.140. The van der Waals surface area contributed by atoms with E-state index in [1.54, 1.807) is 0 Å².